The summed E-state index contributed by atoms with van der Waals surface area (Å²) in [6.07, 6.45) is 12.8. The fourth-order valence-corrected chi connectivity index (χ4v) is 8.29. The minimum absolute atomic E-state index is 0.234. The number of pyridine rings is 2. The molecule has 0 amide bonds. The van der Waals surface area contributed by atoms with E-state index in [2.05, 4.69) is 39.1 Å². The Morgan fingerprint density at radius 2 is 1.58 bits per heavy atom. The standard InChI is InChI=1S/C35H34N4O3S/c1-43(40,41)33-3-2-14-36-34(33)24-7-5-23(6-8-24)32-19-38-35-31(32)16-27(18-37-35)26-9-4-22-10-12-28(13-11-25(22)15-26)39-29-17-30(39)21-42-20-29/h2-9,14-16,18-19,28-30H,10-13,17,20-21H2,1H3,(H,37,38)/t28-,29?,30?/m0/s1. The molecule has 0 radical (unpaired) electrons. The third-order valence-electron chi connectivity index (χ3n) is 9.63. The van der Waals surface area contributed by atoms with Gasteiger partial charge in [0.25, 0.3) is 0 Å². The Morgan fingerprint density at radius 1 is 0.837 bits per heavy atom. The molecule has 8 heteroatoms. The first-order chi connectivity index (χ1) is 20.9. The van der Waals surface area contributed by atoms with Crippen molar-refractivity contribution >= 4 is 20.9 Å². The fraction of sp³-hybridized carbons (Fsp3) is 0.314. The SMILES string of the molecule is CS(=O)(=O)c1cccnc1-c1ccc(-c2c[nH]c3ncc(-c4ccc5c(c4)CC[C@@H](N4C6COCC4C6)CC5)cc23)cc1. The summed E-state index contributed by atoms with van der Waals surface area (Å²) < 4.78 is 30.4. The van der Waals surface area contributed by atoms with Crippen molar-refractivity contribution in [3.05, 3.63) is 90.4 Å². The number of aromatic nitrogens is 3. The van der Waals surface area contributed by atoms with Gasteiger partial charge in [-0.15, -0.1) is 0 Å². The Labute approximate surface area is 251 Å². The van der Waals surface area contributed by atoms with Crippen LogP contribution in [0.1, 0.15) is 30.4 Å². The van der Waals surface area contributed by atoms with E-state index in [9.17, 15) is 8.42 Å². The first-order valence-corrected chi connectivity index (χ1v) is 17.0. The number of nitrogens with zero attached hydrogens (tertiary/aromatic N) is 3. The number of aromatic amines is 1. The number of aryl methyl sites for hydroxylation is 2. The summed E-state index contributed by atoms with van der Waals surface area (Å²) in [6.45, 7) is 1.80. The van der Waals surface area contributed by atoms with Crippen molar-refractivity contribution in [2.75, 3.05) is 19.5 Å². The molecule has 5 heterocycles. The van der Waals surface area contributed by atoms with Crippen molar-refractivity contribution in [2.45, 2.75) is 55.1 Å². The molecule has 2 aromatic carbocycles. The maximum atomic E-state index is 12.3. The van der Waals surface area contributed by atoms with Crippen LogP contribution in [0.3, 0.4) is 0 Å². The van der Waals surface area contributed by atoms with Crippen molar-refractivity contribution in [3.63, 3.8) is 0 Å². The molecule has 7 nitrogen and oxygen atoms in total. The Morgan fingerprint density at radius 3 is 2.35 bits per heavy atom. The summed E-state index contributed by atoms with van der Waals surface area (Å²) in [5.74, 6) is 0. The molecule has 0 spiro atoms. The second-order valence-electron chi connectivity index (χ2n) is 12.3. The number of morpholine rings is 1. The molecule has 5 aromatic rings. The second-order valence-corrected chi connectivity index (χ2v) is 14.2. The summed E-state index contributed by atoms with van der Waals surface area (Å²) in [7, 11) is -3.39. The highest BCUT2D eigenvalue weighted by Crippen LogP contribution is 2.38. The molecule has 1 N–H and O–H groups in total. The highest BCUT2D eigenvalue weighted by molar-refractivity contribution is 7.90. The molecule has 218 valence electrons. The lowest BCUT2D eigenvalue weighted by Gasteiger charge is -2.56. The average molecular weight is 591 g/mol. The van der Waals surface area contributed by atoms with Gasteiger partial charge >= 0.3 is 0 Å². The summed E-state index contributed by atoms with van der Waals surface area (Å²) in [5.41, 5.74) is 9.42. The molecule has 3 aliphatic rings. The predicted octanol–water partition coefficient (Wildman–Crippen LogP) is 6.08. The Bertz CT molecular complexity index is 1940. The van der Waals surface area contributed by atoms with E-state index in [1.54, 1.807) is 18.3 Å². The van der Waals surface area contributed by atoms with Crippen molar-refractivity contribution in [3.8, 4) is 33.5 Å². The van der Waals surface area contributed by atoms with Crippen LogP contribution < -0.4 is 0 Å². The van der Waals surface area contributed by atoms with Gasteiger partial charge in [0, 0.05) is 65.0 Å². The summed E-state index contributed by atoms with van der Waals surface area (Å²) in [6, 6.07) is 22.3. The van der Waals surface area contributed by atoms with Crippen molar-refractivity contribution < 1.29 is 13.2 Å². The zero-order valence-corrected chi connectivity index (χ0v) is 25.0. The van der Waals surface area contributed by atoms with E-state index in [1.807, 2.05) is 36.7 Å². The van der Waals surface area contributed by atoms with Gasteiger partial charge in [0.15, 0.2) is 9.84 Å². The Balaban J connectivity index is 1.07. The molecular formula is C35H34N4O3S. The molecular weight excluding hydrogens is 556 g/mol. The highest BCUT2D eigenvalue weighted by atomic mass is 32.2. The van der Waals surface area contributed by atoms with Crippen LogP contribution in [0.5, 0.6) is 0 Å². The van der Waals surface area contributed by atoms with E-state index in [0.717, 1.165) is 59.3 Å². The minimum atomic E-state index is -3.39. The Hall–Kier alpha value is -3.85. The molecule has 8 rings (SSSR count). The third kappa shape index (κ3) is 4.78. The van der Waals surface area contributed by atoms with Gasteiger partial charge in [0.1, 0.15) is 5.65 Å². The van der Waals surface area contributed by atoms with Crippen molar-refractivity contribution in [1.82, 2.24) is 19.9 Å². The molecule has 3 atom stereocenters. The monoisotopic (exact) mass is 590 g/mol. The van der Waals surface area contributed by atoms with Crippen LogP contribution >= 0.6 is 0 Å². The maximum Gasteiger partial charge on any atom is 0.177 e. The number of rotatable bonds is 5. The van der Waals surface area contributed by atoms with Crippen LogP contribution in [0.4, 0.5) is 0 Å². The number of H-pyrrole nitrogens is 1. The fourth-order valence-electron chi connectivity index (χ4n) is 7.45. The maximum absolute atomic E-state index is 12.3. The lowest BCUT2D eigenvalue weighted by atomic mass is 9.87. The van der Waals surface area contributed by atoms with E-state index in [1.165, 1.54) is 42.2 Å². The first-order valence-electron chi connectivity index (χ1n) is 15.1. The van der Waals surface area contributed by atoms with Gasteiger partial charge < -0.3 is 9.72 Å². The van der Waals surface area contributed by atoms with Crippen molar-refractivity contribution in [2.24, 2.45) is 0 Å². The molecule has 3 aromatic heterocycles. The van der Waals surface area contributed by atoms with Gasteiger partial charge in [-0.2, -0.15) is 0 Å². The molecule has 0 saturated carbocycles. The molecule has 2 bridgehead atoms. The van der Waals surface area contributed by atoms with Gasteiger partial charge in [-0.1, -0.05) is 42.5 Å². The Kier molecular flexibility index (Phi) is 6.47. The lowest BCUT2D eigenvalue weighted by Crippen LogP contribution is -2.66. The first kappa shape index (κ1) is 26.8. The van der Waals surface area contributed by atoms with Gasteiger partial charge in [-0.25, -0.2) is 13.4 Å². The molecule has 2 unspecified atom stereocenters. The molecule has 43 heavy (non-hydrogen) atoms. The number of benzene rings is 2. The zero-order chi connectivity index (χ0) is 29.1. The van der Waals surface area contributed by atoms with Crippen LogP contribution in [0.2, 0.25) is 0 Å². The number of hydrogen-bond donors (Lipinski definition) is 1. The highest BCUT2D eigenvalue weighted by Gasteiger charge is 2.45. The normalized spacial score (nSPS) is 22.1. The number of nitrogens with one attached hydrogen (secondary N) is 1. The summed E-state index contributed by atoms with van der Waals surface area (Å²) in [5, 5.41) is 1.06. The smallest absolute Gasteiger partial charge is 0.177 e. The quantitative estimate of drug-likeness (QED) is 0.250. The lowest BCUT2D eigenvalue weighted by molar-refractivity contribution is -0.148. The number of hydrogen-bond acceptors (Lipinski definition) is 6. The van der Waals surface area contributed by atoms with E-state index in [0.29, 0.717) is 23.8 Å². The topological polar surface area (TPSA) is 88.2 Å². The van der Waals surface area contributed by atoms with Gasteiger partial charge in [0.05, 0.1) is 23.8 Å². The largest absolute Gasteiger partial charge is 0.378 e. The summed E-state index contributed by atoms with van der Waals surface area (Å²) >= 11 is 0. The predicted molar refractivity (Wildman–Crippen MR) is 169 cm³/mol. The average Bonchev–Trinajstić information content (AvgIpc) is 3.35. The molecule has 2 aliphatic heterocycles. The van der Waals surface area contributed by atoms with Crippen LogP contribution in [-0.2, 0) is 27.4 Å². The molecule has 1 aliphatic carbocycles. The summed E-state index contributed by atoms with van der Waals surface area (Å²) in [4.78, 5) is 15.5. The van der Waals surface area contributed by atoms with Crippen LogP contribution in [-0.4, -0.2) is 65.9 Å². The van der Waals surface area contributed by atoms with Crippen LogP contribution in [0.25, 0.3) is 44.5 Å². The van der Waals surface area contributed by atoms with Gasteiger partial charge in [-0.3, -0.25) is 9.88 Å². The second kappa shape index (κ2) is 10.4. The van der Waals surface area contributed by atoms with E-state index < -0.39 is 9.84 Å². The number of sulfone groups is 1. The molecule has 2 fully saturated rings. The van der Waals surface area contributed by atoms with Gasteiger partial charge in [0.2, 0.25) is 0 Å². The van der Waals surface area contributed by atoms with E-state index in [-0.39, 0.29) is 4.90 Å². The van der Waals surface area contributed by atoms with Gasteiger partial charge in [-0.05, 0) is 72.6 Å². The minimum Gasteiger partial charge on any atom is -0.378 e. The zero-order valence-electron chi connectivity index (χ0n) is 24.2. The number of fused-ring (bicyclic) bond motifs is 4. The van der Waals surface area contributed by atoms with E-state index >= 15 is 0 Å². The molecule has 2 saturated heterocycles. The number of ether oxygens (including phenoxy) is 1. The van der Waals surface area contributed by atoms with Crippen molar-refractivity contribution in [1.29, 1.82) is 0 Å². The third-order valence-corrected chi connectivity index (χ3v) is 10.8. The van der Waals surface area contributed by atoms with Crippen LogP contribution in [0, 0.1) is 0 Å². The van der Waals surface area contributed by atoms with E-state index in [4.69, 9.17) is 9.72 Å². The van der Waals surface area contributed by atoms with Crippen LogP contribution in [0.15, 0.2) is 84.1 Å².